The zero-order chi connectivity index (χ0) is 18.1. The van der Waals surface area contributed by atoms with E-state index in [2.05, 4.69) is 48.2 Å². The van der Waals surface area contributed by atoms with Crippen molar-refractivity contribution in [2.75, 3.05) is 26.2 Å². The third kappa shape index (κ3) is 7.68. The lowest BCUT2D eigenvalue weighted by molar-refractivity contribution is 0.161. The van der Waals surface area contributed by atoms with Crippen LogP contribution < -0.4 is 10.6 Å². The first-order valence-electron chi connectivity index (χ1n) is 9.77. The second kappa shape index (κ2) is 12.9. The van der Waals surface area contributed by atoms with Crippen molar-refractivity contribution in [1.82, 2.24) is 20.5 Å². The van der Waals surface area contributed by atoms with Gasteiger partial charge in [-0.3, -0.25) is 4.90 Å². The lowest BCUT2D eigenvalue weighted by Gasteiger charge is -2.34. The van der Waals surface area contributed by atoms with Gasteiger partial charge >= 0.3 is 0 Å². The molecule has 1 aliphatic heterocycles. The molecule has 0 bridgehead atoms. The van der Waals surface area contributed by atoms with Crippen LogP contribution in [-0.4, -0.2) is 48.1 Å². The first kappa shape index (κ1) is 23.6. The Labute approximate surface area is 180 Å². The van der Waals surface area contributed by atoms with E-state index >= 15 is 0 Å². The van der Waals surface area contributed by atoms with Crippen molar-refractivity contribution in [3.05, 3.63) is 16.1 Å². The molecule has 2 heterocycles. The standard InChI is InChI=1S/C19H35N5S.HI/c1-5-20-19(22-13-18-16(4)23-14-25-18)21-12-17(15(2)3)24-10-8-6-7-9-11-24;/h14-15,17H,5-13H2,1-4H3,(H2,20,21,22);1H. The van der Waals surface area contributed by atoms with Crippen LogP contribution in [0.5, 0.6) is 0 Å². The maximum Gasteiger partial charge on any atom is 0.191 e. The van der Waals surface area contributed by atoms with Crippen molar-refractivity contribution in [3.8, 4) is 0 Å². The molecule has 1 atom stereocenters. The molecule has 1 saturated heterocycles. The molecule has 7 heteroatoms. The highest BCUT2D eigenvalue weighted by molar-refractivity contribution is 14.0. The van der Waals surface area contributed by atoms with Gasteiger partial charge in [0.05, 0.1) is 17.7 Å². The topological polar surface area (TPSA) is 52.6 Å². The van der Waals surface area contributed by atoms with Crippen LogP contribution in [-0.2, 0) is 6.54 Å². The molecule has 150 valence electrons. The van der Waals surface area contributed by atoms with Crippen LogP contribution in [0.1, 0.15) is 57.0 Å². The zero-order valence-electron chi connectivity index (χ0n) is 16.8. The van der Waals surface area contributed by atoms with Crippen molar-refractivity contribution in [2.45, 2.75) is 66.0 Å². The number of halogens is 1. The number of rotatable bonds is 7. The summed E-state index contributed by atoms with van der Waals surface area (Å²) in [5, 5.41) is 6.96. The van der Waals surface area contributed by atoms with Crippen LogP contribution in [0.3, 0.4) is 0 Å². The second-order valence-electron chi connectivity index (χ2n) is 7.20. The van der Waals surface area contributed by atoms with E-state index in [4.69, 9.17) is 4.99 Å². The van der Waals surface area contributed by atoms with E-state index < -0.39 is 0 Å². The molecule has 0 radical (unpaired) electrons. The summed E-state index contributed by atoms with van der Waals surface area (Å²) < 4.78 is 0. The Morgan fingerprint density at radius 3 is 2.46 bits per heavy atom. The van der Waals surface area contributed by atoms with Crippen molar-refractivity contribution < 1.29 is 0 Å². The molecule has 1 aromatic rings. The SMILES string of the molecule is CCNC(=NCc1scnc1C)NCC(C(C)C)N1CCCCCC1.I. The highest BCUT2D eigenvalue weighted by atomic mass is 127. The largest absolute Gasteiger partial charge is 0.357 e. The molecular weight excluding hydrogens is 457 g/mol. The summed E-state index contributed by atoms with van der Waals surface area (Å²) in [4.78, 5) is 13.0. The zero-order valence-corrected chi connectivity index (χ0v) is 19.9. The Morgan fingerprint density at radius 1 is 1.23 bits per heavy atom. The fourth-order valence-electron chi connectivity index (χ4n) is 3.39. The lowest BCUT2D eigenvalue weighted by Crippen LogP contribution is -2.49. The van der Waals surface area contributed by atoms with Crippen molar-refractivity contribution in [1.29, 1.82) is 0 Å². The van der Waals surface area contributed by atoms with Gasteiger partial charge < -0.3 is 10.6 Å². The van der Waals surface area contributed by atoms with E-state index in [0.29, 0.717) is 18.5 Å². The Kier molecular flexibility index (Phi) is 11.7. The second-order valence-corrected chi connectivity index (χ2v) is 8.14. The van der Waals surface area contributed by atoms with Crippen LogP contribution in [0.2, 0.25) is 0 Å². The predicted octanol–water partition coefficient (Wildman–Crippen LogP) is 4.03. The summed E-state index contributed by atoms with van der Waals surface area (Å²) in [5.41, 5.74) is 2.99. The monoisotopic (exact) mass is 493 g/mol. The fourth-order valence-corrected chi connectivity index (χ4v) is 4.09. The van der Waals surface area contributed by atoms with E-state index in [1.807, 2.05) is 5.51 Å². The van der Waals surface area contributed by atoms with Gasteiger partial charge in [-0.2, -0.15) is 0 Å². The number of aryl methyl sites for hydroxylation is 1. The van der Waals surface area contributed by atoms with Crippen molar-refractivity contribution in [2.24, 2.45) is 10.9 Å². The summed E-state index contributed by atoms with van der Waals surface area (Å²) in [6, 6.07) is 0.562. The molecule has 1 fully saturated rings. The minimum absolute atomic E-state index is 0. The lowest BCUT2D eigenvalue weighted by atomic mass is 10.0. The van der Waals surface area contributed by atoms with Gasteiger partial charge in [-0.05, 0) is 45.7 Å². The van der Waals surface area contributed by atoms with E-state index in [1.54, 1.807) is 11.3 Å². The molecule has 0 amide bonds. The molecule has 1 aliphatic rings. The normalized spacial score (nSPS) is 17.5. The Hall–Kier alpha value is -0.410. The molecule has 0 saturated carbocycles. The van der Waals surface area contributed by atoms with Crippen molar-refractivity contribution >= 4 is 41.3 Å². The van der Waals surface area contributed by atoms with Gasteiger partial charge in [0.1, 0.15) is 0 Å². The van der Waals surface area contributed by atoms with Gasteiger partial charge in [0.25, 0.3) is 0 Å². The van der Waals surface area contributed by atoms with Gasteiger partial charge in [-0.25, -0.2) is 9.98 Å². The minimum atomic E-state index is 0. The summed E-state index contributed by atoms with van der Waals surface area (Å²) in [7, 11) is 0. The number of aliphatic imine (C=N–C) groups is 1. The van der Waals surface area contributed by atoms with E-state index in [-0.39, 0.29) is 24.0 Å². The Morgan fingerprint density at radius 2 is 1.92 bits per heavy atom. The highest BCUT2D eigenvalue weighted by Gasteiger charge is 2.22. The Balaban J connectivity index is 0.00000338. The number of likely N-dealkylation sites (tertiary alicyclic amines) is 1. The predicted molar refractivity (Wildman–Crippen MR) is 124 cm³/mol. The number of hydrogen-bond acceptors (Lipinski definition) is 4. The fraction of sp³-hybridized carbons (Fsp3) is 0.789. The van der Waals surface area contributed by atoms with Crippen molar-refractivity contribution in [3.63, 3.8) is 0 Å². The molecule has 1 unspecified atom stereocenters. The molecule has 1 aromatic heterocycles. The average molecular weight is 494 g/mol. The van der Waals surface area contributed by atoms with E-state index in [9.17, 15) is 0 Å². The molecule has 0 aromatic carbocycles. The van der Waals surface area contributed by atoms with Gasteiger partial charge in [-0.15, -0.1) is 35.3 Å². The van der Waals surface area contributed by atoms with Gasteiger partial charge in [-0.1, -0.05) is 26.7 Å². The number of nitrogens with one attached hydrogen (secondary N) is 2. The molecular formula is C19H36IN5S. The summed E-state index contributed by atoms with van der Waals surface area (Å²) in [6.07, 6.45) is 5.43. The summed E-state index contributed by atoms with van der Waals surface area (Å²) >= 11 is 1.68. The Bertz CT molecular complexity index is 524. The molecule has 0 aliphatic carbocycles. The summed E-state index contributed by atoms with van der Waals surface area (Å²) in [5.74, 6) is 1.55. The number of hydrogen-bond donors (Lipinski definition) is 2. The van der Waals surface area contributed by atoms with Crippen LogP contribution in [0.15, 0.2) is 10.5 Å². The van der Waals surface area contributed by atoms with Crippen LogP contribution >= 0.6 is 35.3 Å². The number of thiazole rings is 1. The minimum Gasteiger partial charge on any atom is -0.357 e. The molecule has 5 nitrogen and oxygen atoms in total. The third-order valence-electron chi connectivity index (χ3n) is 4.93. The maximum absolute atomic E-state index is 4.76. The van der Waals surface area contributed by atoms with Crippen LogP contribution in [0.4, 0.5) is 0 Å². The van der Waals surface area contributed by atoms with Crippen LogP contribution in [0, 0.1) is 12.8 Å². The summed E-state index contributed by atoms with van der Waals surface area (Å²) in [6.45, 7) is 13.8. The smallest absolute Gasteiger partial charge is 0.191 e. The molecule has 2 rings (SSSR count). The highest BCUT2D eigenvalue weighted by Crippen LogP contribution is 2.17. The number of aromatic nitrogens is 1. The maximum atomic E-state index is 4.76. The van der Waals surface area contributed by atoms with Gasteiger partial charge in [0.2, 0.25) is 0 Å². The average Bonchev–Trinajstić information content (AvgIpc) is 2.83. The van der Waals surface area contributed by atoms with E-state index in [1.165, 1.54) is 43.6 Å². The molecule has 26 heavy (non-hydrogen) atoms. The first-order chi connectivity index (χ1) is 12.1. The van der Waals surface area contributed by atoms with E-state index in [0.717, 1.165) is 24.7 Å². The van der Waals surface area contributed by atoms with Gasteiger partial charge in [0, 0.05) is 24.0 Å². The first-order valence-corrected chi connectivity index (χ1v) is 10.6. The number of nitrogens with zero attached hydrogens (tertiary/aromatic N) is 3. The van der Waals surface area contributed by atoms with Gasteiger partial charge in [0.15, 0.2) is 5.96 Å². The molecule has 0 spiro atoms. The molecule has 2 N–H and O–H groups in total. The quantitative estimate of drug-likeness (QED) is 0.342. The third-order valence-corrected chi connectivity index (χ3v) is 5.85. The van der Waals surface area contributed by atoms with Crippen LogP contribution in [0.25, 0.3) is 0 Å². The number of guanidine groups is 1.